The van der Waals surface area contributed by atoms with Gasteiger partial charge in [0, 0.05) is 19.2 Å². The van der Waals surface area contributed by atoms with Crippen molar-refractivity contribution in [3.8, 4) is 0 Å². The molecule has 0 aliphatic heterocycles. The maximum Gasteiger partial charge on any atom is 0.0615 e. The molecule has 0 saturated heterocycles. The summed E-state index contributed by atoms with van der Waals surface area (Å²) in [4.78, 5) is 2.56. The molecule has 0 amide bonds. The van der Waals surface area contributed by atoms with Gasteiger partial charge in [-0.3, -0.25) is 4.90 Å². The fourth-order valence-corrected chi connectivity index (χ4v) is 2.94. The first-order valence-corrected chi connectivity index (χ1v) is 6.19. The standard InChI is InChI=1S/C12H26N2O/c1-4-14(10(2)9-15-3)12-7-5-6-11(12)8-13/h10-12H,4-9,13H2,1-3H3. The van der Waals surface area contributed by atoms with Crippen LogP contribution < -0.4 is 5.73 Å². The van der Waals surface area contributed by atoms with Crippen LogP contribution in [0, 0.1) is 5.92 Å². The zero-order valence-electron chi connectivity index (χ0n) is 10.4. The van der Waals surface area contributed by atoms with E-state index in [0.717, 1.165) is 19.7 Å². The zero-order valence-corrected chi connectivity index (χ0v) is 10.4. The first kappa shape index (κ1) is 12.9. The van der Waals surface area contributed by atoms with Crippen molar-refractivity contribution in [1.29, 1.82) is 0 Å². The van der Waals surface area contributed by atoms with Crippen LogP contribution in [0.15, 0.2) is 0 Å². The Kier molecular flexibility index (Phi) is 5.58. The minimum Gasteiger partial charge on any atom is -0.383 e. The summed E-state index contributed by atoms with van der Waals surface area (Å²) >= 11 is 0. The molecule has 0 aromatic carbocycles. The Hall–Kier alpha value is -0.120. The van der Waals surface area contributed by atoms with Gasteiger partial charge >= 0.3 is 0 Å². The average molecular weight is 214 g/mol. The minimum atomic E-state index is 0.511. The molecule has 1 rings (SSSR count). The Bertz CT molecular complexity index is 175. The van der Waals surface area contributed by atoms with Crippen LogP contribution in [0.4, 0.5) is 0 Å². The van der Waals surface area contributed by atoms with Gasteiger partial charge < -0.3 is 10.5 Å². The van der Waals surface area contributed by atoms with Gasteiger partial charge in [0.2, 0.25) is 0 Å². The van der Waals surface area contributed by atoms with Crippen molar-refractivity contribution in [3.05, 3.63) is 0 Å². The van der Waals surface area contributed by atoms with Gasteiger partial charge in [0.15, 0.2) is 0 Å². The lowest BCUT2D eigenvalue weighted by Gasteiger charge is -2.36. The Labute approximate surface area is 94.0 Å². The Morgan fingerprint density at radius 2 is 2.20 bits per heavy atom. The molecule has 3 heteroatoms. The summed E-state index contributed by atoms with van der Waals surface area (Å²) in [6, 6.07) is 1.20. The molecular formula is C12H26N2O. The number of likely N-dealkylation sites (N-methyl/N-ethyl adjacent to an activating group) is 1. The molecule has 90 valence electrons. The van der Waals surface area contributed by atoms with Gasteiger partial charge in [-0.1, -0.05) is 13.3 Å². The molecule has 0 spiro atoms. The minimum absolute atomic E-state index is 0.511. The summed E-state index contributed by atoms with van der Waals surface area (Å²) in [6.07, 6.45) is 3.95. The Morgan fingerprint density at radius 3 is 2.73 bits per heavy atom. The second-order valence-corrected chi connectivity index (χ2v) is 4.63. The molecule has 2 N–H and O–H groups in total. The number of nitrogens with two attached hydrogens (primary N) is 1. The lowest BCUT2D eigenvalue weighted by molar-refractivity contribution is 0.0607. The third kappa shape index (κ3) is 3.16. The predicted molar refractivity (Wildman–Crippen MR) is 63.9 cm³/mol. The Balaban J connectivity index is 2.56. The summed E-state index contributed by atoms with van der Waals surface area (Å²) in [5.74, 6) is 0.698. The van der Waals surface area contributed by atoms with E-state index in [1.165, 1.54) is 19.3 Å². The highest BCUT2D eigenvalue weighted by molar-refractivity contribution is 4.87. The number of hydrogen-bond acceptors (Lipinski definition) is 3. The summed E-state index contributed by atoms with van der Waals surface area (Å²) in [6.45, 7) is 7.24. The monoisotopic (exact) mass is 214 g/mol. The normalized spacial score (nSPS) is 28.6. The number of hydrogen-bond donors (Lipinski definition) is 1. The van der Waals surface area contributed by atoms with Crippen LogP contribution in [0.3, 0.4) is 0 Å². The molecule has 0 aromatic rings. The van der Waals surface area contributed by atoms with E-state index in [2.05, 4.69) is 18.7 Å². The van der Waals surface area contributed by atoms with Gasteiger partial charge in [-0.2, -0.15) is 0 Å². The lowest BCUT2D eigenvalue weighted by Crippen LogP contribution is -2.46. The molecule has 3 atom stereocenters. The van der Waals surface area contributed by atoms with E-state index in [1.54, 1.807) is 7.11 Å². The van der Waals surface area contributed by atoms with Gasteiger partial charge in [0.05, 0.1) is 6.61 Å². The van der Waals surface area contributed by atoms with Gasteiger partial charge in [-0.25, -0.2) is 0 Å². The molecule has 1 aliphatic carbocycles. The molecule has 0 bridgehead atoms. The molecule has 0 aromatic heterocycles. The van der Waals surface area contributed by atoms with E-state index in [4.69, 9.17) is 10.5 Å². The lowest BCUT2D eigenvalue weighted by atomic mass is 10.0. The molecular weight excluding hydrogens is 188 g/mol. The molecule has 0 radical (unpaired) electrons. The maximum absolute atomic E-state index is 5.83. The van der Waals surface area contributed by atoms with E-state index in [1.807, 2.05) is 0 Å². The average Bonchev–Trinajstić information content (AvgIpc) is 2.67. The highest BCUT2D eigenvalue weighted by atomic mass is 16.5. The second kappa shape index (κ2) is 6.46. The van der Waals surface area contributed by atoms with E-state index >= 15 is 0 Å². The van der Waals surface area contributed by atoms with E-state index in [9.17, 15) is 0 Å². The first-order chi connectivity index (χ1) is 7.24. The van der Waals surface area contributed by atoms with Crippen LogP contribution in [0.5, 0.6) is 0 Å². The first-order valence-electron chi connectivity index (χ1n) is 6.19. The molecule has 3 nitrogen and oxygen atoms in total. The highest BCUT2D eigenvalue weighted by Crippen LogP contribution is 2.30. The third-order valence-corrected chi connectivity index (χ3v) is 3.69. The molecule has 1 aliphatic rings. The van der Waals surface area contributed by atoms with Crippen LogP contribution >= 0.6 is 0 Å². The van der Waals surface area contributed by atoms with Crippen LogP contribution in [0.2, 0.25) is 0 Å². The van der Waals surface area contributed by atoms with Crippen LogP contribution in [-0.4, -0.2) is 43.8 Å². The molecule has 0 heterocycles. The van der Waals surface area contributed by atoms with Crippen LogP contribution in [0.25, 0.3) is 0 Å². The molecule has 3 unspecified atom stereocenters. The van der Waals surface area contributed by atoms with Crippen molar-refractivity contribution in [1.82, 2.24) is 4.90 Å². The van der Waals surface area contributed by atoms with E-state index in [0.29, 0.717) is 18.0 Å². The van der Waals surface area contributed by atoms with E-state index < -0.39 is 0 Å². The van der Waals surface area contributed by atoms with Crippen molar-refractivity contribution in [2.45, 2.75) is 45.2 Å². The van der Waals surface area contributed by atoms with Crippen molar-refractivity contribution in [2.24, 2.45) is 11.7 Å². The van der Waals surface area contributed by atoms with Crippen molar-refractivity contribution >= 4 is 0 Å². The number of ether oxygens (including phenoxy) is 1. The van der Waals surface area contributed by atoms with Gasteiger partial charge in [0.1, 0.15) is 0 Å². The van der Waals surface area contributed by atoms with Gasteiger partial charge in [0.25, 0.3) is 0 Å². The van der Waals surface area contributed by atoms with Crippen molar-refractivity contribution in [3.63, 3.8) is 0 Å². The highest BCUT2D eigenvalue weighted by Gasteiger charge is 2.32. The summed E-state index contributed by atoms with van der Waals surface area (Å²) in [7, 11) is 1.78. The summed E-state index contributed by atoms with van der Waals surface area (Å²) < 4.78 is 5.24. The number of nitrogens with zero attached hydrogens (tertiary/aromatic N) is 1. The maximum atomic E-state index is 5.83. The second-order valence-electron chi connectivity index (χ2n) is 4.63. The summed E-state index contributed by atoms with van der Waals surface area (Å²) in [5, 5.41) is 0. The predicted octanol–water partition coefficient (Wildman–Crippen LogP) is 1.47. The van der Waals surface area contributed by atoms with Gasteiger partial charge in [-0.15, -0.1) is 0 Å². The SMILES string of the molecule is CCN(C(C)COC)C1CCCC1CN. The fraction of sp³-hybridized carbons (Fsp3) is 1.00. The third-order valence-electron chi connectivity index (χ3n) is 3.69. The van der Waals surface area contributed by atoms with Crippen molar-refractivity contribution < 1.29 is 4.74 Å². The topological polar surface area (TPSA) is 38.5 Å². The summed E-state index contributed by atoms with van der Waals surface area (Å²) in [5.41, 5.74) is 5.83. The van der Waals surface area contributed by atoms with Gasteiger partial charge in [-0.05, 0) is 38.8 Å². The Morgan fingerprint density at radius 1 is 1.47 bits per heavy atom. The van der Waals surface area contributed by atoms with Crippen LogP contribution in [0.1, 0.15) is 33.1 Å². The number of rotatable bonds is 6. The van der Waals surface area contributed by atoms with Crippen LogP contribution in [-0.2, 0) is 4.74 Å². The number of methoxy groups -OCH3 is 1. The quantitative estimate of drug-likeness (QED) is 0.727. The van der Waals surface area contributed by atoms with Crippen molar-refractivity contribution in [2.75, 3.05) is 26.8 Å². The molecule has 1 fully saturated rings. The molecule has 15 heavy (non-hydrogen) atoms. The largest absolute Gasteiger partial charge is 0.383 e. The molecule has 1 saturated carbocycles. The smallest absolute Gasteiger partial charge is 0.0615 e. The van der Waals surface area contributed by atoms with E-state index in [-0.39, 0.29) is 0 Å². The zero-order chi connectivity index (χ0) is 11.3. The fourth-order valence-electron chi connectivity index (χ4n) is 2.94.